The summed E-state index contributed by atoms with van der Waals surface area (Å²) in [5, 5.41) is 0. The van der Waals surface area contributed by atoms with Crippen LogP contribution in [0.3, 0.4) is 0 Å². The van der Waals surface area contributed by atoms with Crippen LogP contribution in [0.4, 0.5) is 17.6 Å². The molecule has 0 aliphatic rings. The van der Waals surface area contributed by atoms with E-state index in [1.807, 2.05) is 0 Å². The summed E-state index contributed by atoms with van der Waals surface area (Å²) in [4.78, 5) is 3.36. The largest absolute Gasteiger partial charge is 0.449 e. The SMILES string of the molecule is Fc1cc(Br)c2c(c1)nc(C(F)(F)F)n2CCl. The van der Waals surface area contributed by atoms with Crippen LogP contribution in [0, 0.1) is 5.82 Å². The van der Waals surface area contributed by atoms with Crippen molar-refractivity contribution in [2.45, 2.75) is 12.2 Å². The van der Waals surface area contributed by atoms with Gasteiger partial charge in [-0.2, -0.15) is 13.2 Å². The first-order valence-electron chi connectivity index (χ1n) is 4.33. The molecule has 1 aromatic carbocycles. The molecule has 0 N–H and O–H groups in total. The summed E-state index contributed by atoms with van der Waals surface area (Å²) in [6.45, 7) is 0. The molecule has 0 aliphatic heterocycles. The first-order chi connectivity index (χ1) is 7.84. The van der Waals surface area contributed by atoms with Crippen LogP contribution < -0.4 is 0 Å². The van der Waals surface area contributed by atoms with E-state index in [0.29, 0.717) is 0 Å². The number of halogens is 6. The van der Waals surface area contributed by atoms with E-state index in [9.17, 15) is 17.6 Å². The maximum Gasteiger partial charge on any atom is 0.449 e. The number of imidazole rings is 1. The van der Waals surface area contributed by atoms with Crippen LogP contribution in [0.25, 0.3) is 11.0 Å². The Morgan fingerprint density at radius 2 is 2.00 bits per heavy atom. The van der Waals surface area contributed by atoms with Crippen molar-refractivity contribution in [1.82, 2.24) is 9.55 Å². The standard InChI is InChI=1S/C9H4BrClF4N2/c10-5-1-4(12)2-6-7(5)17(3-11)8(16-6)9(13,14)15/h1-2H,3H2. The molecular formula is C9H4BrClF4N2. The normalized spacial score (nSPS) is 12.4. The smallest absolute Gasteiger partial charge is 0.305 e. The Labute approximate surface area is 106 Å². The van der Waals surface area contributed by atoms with E-state index in [-0.39, 0.29) is 15.5 Å². The Morgan fingerprint density at radius 1 is 1.35 bits per heavy atom. The minimum absolute atomic E-state index is 0.0927. The Morgan fingerprint density at radius 3 is 2.53 bits per heavy atom. The Hall–Kier alpha value is -0.820. The highest BCUT2D eigenvalue weighted by atomic mass is 79.9. The van der Waals surface area contributed by atoms with Gasteiger partial charge in [0.2, 0.25) is 5.82 Å². The molecule has 0 amide bonds. The number of aromatic nitrogens is 2. The van der Waals surface area contributed by atoms with Crippen LogP contribution in [-0.4, -0.2) is 9.55 Å². The third-order valence-corrected chi connectivity index (χ3v) is 2.98. The van der Waals surface area contributed by atoms with Gasteiger partial charge in [0.15, 0.2) is 0 Å². The summed E-state index contributed by atoms with van der Waals surface area (Å²) in [6.07, 6.45) is -4.64. The predicted octanol–water partition coefficient (Wildman–Crippen LogP) is 4.15. The van der Waals surface area contributed by atoms with Crippen molar-refractivity contribution in [2.75, 3.05) is 0 Å². The molecule has 2 rings (SSSR count). The van der Waals surface area contributed by atoms with E-state index in [1.165, 1.54) is 0 Å². The van der Waals surface area contributed by atoms with E-state index in [1.54, 1.807) is 0 Å². The molecule has 0 fully saturated rings. The highest BCUT2D eigenvalue weighted by Crippen LogP contribution is 2.34. The van der Waals surface area contributed by atoms with Crippen LogP contribution in [0.15, 0.2) is 16.6 Å². The van der Waals surface area contributed by atoms with E-state index >= 15 is 0 Å². The number of hydrogen-bond donors (Lipinski definition) is 0. The summed E-state index contributed by atoms with van der Waals surface area (Å²) < 4.78 is 52.0. The lowest BCUT2D eigenvalue weighted by molar-refractivity contribution is -0.146. The molecule has 92 valence electrons. The Balaban J connectivity index is 2.85. The van der Waals surface area contributed by atoms with Crippen LogP contribution in [0.2, 0.25) is 0 Å². The average Bonchev–Trinajstić information content (AvgIpc) is 2.55. The minimum Gasteiger partial charge on any atom is -0.305 e. The molecule has 0 atom stereocenters. The van der Waals surface area contributed by atoms with E-state index in [4.69, 9.17) is 11.6 Å². The van der Waals surface area contributed by atoms with Crippen molar-refractivity contribution in [2.24, 2.45) is 0 Å². The minimum atomic E-state index is -4.64. The number of hydrogen-bond acceptors (Lipinski definition) is 1. The lowest BCUT2D eigenvalue weighted by Crippen LogP contribution is -2.13. The summed E-state index contributed by atoms with van der Waals surface area (Å²) in [5.74, 6) is -1.81. The molecule has 2 aromatic rings. The zero-order valence-electron chi connectivity index (χ0n) is 8.02. The second kappa shape index (κ2) is 4.13. The fourth-order valence-electron chi connectivity index (χ4n) is 1.52. The van der Waals surface area contributed by atoms with Crippen LogP contribution >= 0.6 is 27.5 Å². The molecule has 0 spiro atoms. The lowest BCUT2D eigenvalue weighted by atomic mass is 10.3. The van der Waals surface area contributed by atoms with Crippen molar-refractivity contribution in [3.63, 3.8) is 0 Å². The fourth-order valence-corrected chi connectivity index (χ4v) is 2.39. The topological polar surface area (TPSA) is 17.8 Å². The fraction of sp³-hybridized carbons (Fsp3) is 0.222. The number of alkyl halides is 4. The highest BCUT2D eigenvalue weighted by molar-refractivity contribution is 9.10. The molecule has 0 saturated carbocycles. The zero-order chi connectivity index (χ0) is 12.8. The van der Waals surface area contributed by atoms with Gasteiger partial charge in [0, 0.05) is 10.5 Å². The van der Waals surface area contributed by atoms with E-state index in [2.05, 4.69) is 20.9 Å². The van der Waals surface area contributed by atoms with Gasteiger partial charge >= 0.3 is 6.18 Å². The molecule has 0 bridgehead atoms. The molecule has 17 heavy (non-hydrogen) atoms. The van der Waals surface area contributed by atoms with Crippen LogP contribution in [-0.2, 0) is 12.2 Å². The quantitative estimate of drug-likeness (QED) is 0.567. The molecule has 0 radical (unpaired) electrons. The van der Waals surface area contributed by atoms with Gasteiger partial charge in [0.05, 0.1) is 17.0 Å². The molecule has 0 saturated heterocycles. The van der Waals surface area contributed by atoms with Gasteiger partial charge in [-0.05, 0) is 22.0 Å². The Bertz CT molecular complexity index is 578. The van der Waals surface area contributed by atoms with Gasteiger partial charge in [-0.1, -0.05) is 0 Å². The lowest BCUT2D eigenvalue weighted by Gasteiger charge is -2.08. The zero-order valence-corrected chi connectivity index (χ0v) is 10.4. The van der Waals surface area contributed by atoms with Crippen molar-refractivity contribution in [3.05, 3.63) is 28.2 Å². The monoisotopic (exact) mass is 330 g/mol. The van der Waals surface area contributed by atoms with Gasteiger partial charge < -0.3 is 4.57 Å². The predicted molar refractivity (Wildman–Crippen MR) is 58.2 cm³/mol. The first kappa shape index (κ1) is 12.6. The molecule has 1 aromatic heterocycles. The number of rotatable bonds is 1. The highest BCUT2D eigenvalue weighted by Gasteiger charge is 2.37. The third-order valence-electron chi connectivity index (χ3n) is 2.13. The molecule has 2 nitrogen and oxygen atoms in total. The molecule has 0 aliphatic carbocycles. The maximum absolute atomic E-state index is 13.0. The van der Waals surface area contributed by atoms with Crippen LogP contribution in [0.5, 0.6) is 0 Å². The van der Waals surface area contributed by atoms with Gasteiger partial charge in [0.25, 0.3) is 0 Å². The van der Waals surface area contributed by atoms with Gasteiger partial charge in [-0.15, -0.1) is 11.6 Å². The number of benzene rings is 1. The number of nitrogens with zero attached hydrogens (tertiary/aromatic N) is 2. The Kier molecular flexibility index (Phi) is 3.07. The average molecular weight is 331 g/mol. The van der Waals surface area contributed by atoms with Gasteiger partial charge in [-0.3, -0.25) is 0 Å². The third kappa shape index (κ3) is 2.13. The molecule has 8 heteroatoms. The van der Waals surface area contributed by atoms with E-state index < -0.39 is 23.8 Å². The number of fused-ring (bicyclic) bond motifs is 1. The summed E-state index contributed by atoms with van der Waals surface area (Å²) in [5.41, 5.74) is 0.0265. The van der Waals surface area contributed by atoms with Crippen LogP contribution in [0.1, 0.15) is 5.82 Å². The maximum atomic E-state index is 13.0. The van der Waals surface area contributed by atoms with Gasteiger partial charge in [0.1, 0.15) is 5.82 Å². The van der Waals surface area contributed by atoms with Crippen molar-refractivity contribution in [3.8, 4) is 0 Å². The summed E-state index contributed by atoms with van der Waals surface area (Å²) >= 11 is 8.47. The second-order valence-electron chi connectivity index (χ2n) is 3.24. The molecule has 1 heterocycles. The van der Waals surface area contributed by atoms with Gasteiger partial charge in [-0.25, -0.2) is 9.37 Å². The second-order valence-corrected chi connectivity index (χ2v) is 4.33. The first-order valence-corrected chi connectivity index (χ1v) is 5.66. The van der Waals surface area contributed by atoms with E-state index in [0.717, 1.165) is 16.7 Å². The van der Waals surface area contributed by atoms with Crippen molar-refractivity contribution >= 4 is 38.6 Å². The van der Waals surface area contributed by atoms with Crippen molar-refractivity contribution in [1.29, 1.82) is 0 Å². The van der Waals surface area contributed by atoms with Crippen molar-refractivity contribution < 1.29 is 17.6 Å². The summed E-state index contributed by atoms with van der Waals surface area (Å²) in [6, 6.07) is 1.57. The molecular weight excluding hydrogens is 327 g/mol. The molecule has 0 unspecified atom stereocenters. The summed E-state index contributed by atoms with van der Waals surface area (Å²) in [7, 11) is 0.